The Hall–Kier alpha value is -2.75. The van der Waals surface area contributed by atoms with Gasteiger partial charge in [-0.1, -0.05) is 26.8 Å². The molecule has 0 radical (unpaired) electrons. The Kier molecular flexibility index (Phi) is 7.12. The third-order valence-electron chi connectivity index (χ3n) is 4.14. The summed E-state index contributed by atoms with van der Waals surface area (Å²) in [5, 5.41) is 9.39. The van der Waals surface area contributed by atoms with Crippen LogP contribution in [0.3, 0.4) is 0 Å². The average molecular weight is 397 g/mol. The summed E-state index contributed by atoms with van der Waals surface area (Å²) < 4.78 is 12.2. The van der Waals surface area contributed by atoms with Crippen LogP contribution in [-0.2, 0) is 5.41 Å². The Morgan fingerprint density at radius 1 is 0.931 bits per heavy atom. The number of phenols is 1. The molecular formula is C25H32O4. The van der Waals surface area contributed by atoms with Gasteiger partial charge in [0.25, 0.3) is 0 Å². The van der Waals surface area contributed by atoms with Gasteiger partial charge in [0.05, 0.1) is 12.2 Å². The number of rotatable bonds is 7. The average Bonchev–Trinajstić information content (AvgIpc) is 2.57. The van der Waals surface area contributed by atoms with Gasteiger partial charge in [-0.3, -0.25) is 4.79 Å². The lowest BCUT2D eigenvalue weighted by Gasteiger charge is -2.28. The van der Waals surface area contributed by atoms with E-state index < -0.39 is 0 Å². The summed E-state index contributed by atoms with van der Waals surface area (Å²) in [6, 6.07) is 10.1. The van der Waals surface area contributed by atoms with E-state index in [1.165, 1.54) is 18.2 Å². The van der Waals surface area contributed by atoms with Crippen molar-refractivity contribution in [1.82, 2.24) is 0 Å². The number of phenolic OH excluding ortho intramolecular Hbond substituents is 1. The van der Waals surface area contributed by atoms with Gasteiger partial charge in [0.1, 0.15) is 17.2 Å². The zero-order valence-corrected chi connectivity index (χ0v) is 18.4. The third-order valence-corrected chi connectivity index (χ3v) is 4.14. The fraction of sp³-hybridized carbons (Fsp3) is 0.400. The highest BCUT2D eigenvalue weighted by atomic mass is 16.5. The monoisotopic (exact) mass is 396 g/mol. The molecule has 0 aliphatic rings. The molecule has 2 aromatic carbocycles. The first-order valence-corrected chi connectivity index (χ1v) is 10.0. The first-order valence-electron chi connectivity index (χ1n) is 10.0. The van der Waals surface area contributed by atoms with E-state index in [0.717, 1.165) is 22.6 Å². The molecule has 0 bridgehead atoms. The second-order valence-electron chi connectivity index (χ2n) is 8.72. The summed E-state index contributed by atoms with van der Waals surface area (Å²) in [4.78, 5) is 12.4. The number of carbonyl (C=O) groups is 1. The van der Waals surface area contributed by atoms with E-state index >= 15 is 0 Å². The molecule has 4 heteroatoms. The molecular weight excluding hydrogens is 364 g/mol. The molecule has 0 saturated carbocycles. The molecule has 0 aliphatic carbocycles. The van der Waals surface area contributed by atoms with Gasteiger partial charge in [-0.05, 0) is 81.1 Å². The normalized spacial score (nSPS) is 12.0. The fourth-order valence-corrected chi connectivity index (χ4v) is 3.03. The molecule has 0 fully saturated rings. The van der Waals surface area contributed by atoms with Crippen LogP contribution in [0, 0.1) is 0 Å². The number of benzene rings is 2. The summed E-state index contributed by atoms with van der Waals surface area (Å²) >= 11 is 0. The zero-order chi connectivity index (χ0) is 21.8. The highest BCUT2D eigenvalue weighted by Gasteiger charge is 2.26. The highest BCUT2D eigenvalue weighted by Crippen LogP contribution is 2.41. The Balaban J connectivity index is 2.48. The molecule has 0 unspecified atom stereocenters. The van der Waals surface area contributed by atoms with Crippen LogP contribution in [0.5, 0.6) is 17.2 Å². The highest BCUT2D eigenvalue weighted by molar-refractivity contribution is 6.06. The van der Waals surface area contributed by atoms with Gasteiger partial charge in [0, 0.05) is 11.1 Å². The van der Waals surface area contributed by atoms with Crippen molar-refractivity contribution in [2.75, 3.05) is 0 Å². The van der Waals surface area contributed by atoms with Gasteiger partial charge in [-0.15, -0.1) is 0 Å². The summed E-state index contributed by atoms with van der Waals surface area (Å²) in [5.74, 6) is 1.53. The lowest BCUT2D eigenvalue weighted by Crippen LogP contribution is -2.19. The van der Waals surface area contributed by atoms with Gasteiger partial charge in [0.2, 0.25) is 0 Å². The molecule has 0 amide bonds. The Bertz CT molecular complexity index is 838. The van der Waals surface area contributed by atoms with Crippen LogP contribution in [-0.4, -0.2) is 23.1 Å². The van der Waals surface area contributed by atoms with E-state index in [9.17, 15) is 9.90 Å². The van der Waals surface area contributed by atoms with E-state index in [2.05, 4.69) is 20.8 Å². The lowest BCUT2D eigenvalue weighted by atomic mass is 9.84. The summed E-state index contributed by atoms with van der Waals surface area (Å²) in [6.45, 7) is 14.4. The van der Waals surface area contributed by atoms with Crippen molar-refractivity contribution >= 4 is 11.9 Å². The standard InChI is InChI=1S/C25H32O4/c1-16(2)28-22-14-18(8-13-21(27)19-9-11-20(26)12-10-19)15-23(29-17(3)4)24(22)25(5,6)7/h8-17,26H,1-7H3/b13-8+. The maximum atomic E-state index is 12.4. The molecule has 4 nitrogen and oxygen atoms in total. The third kappa shape index (κ3) is 6.38. The molecule has 2 rings (SSSR count). The van der Waals surface area contributed by atoms with Crippen molar-refractivity contribution in [3.8, 4) is 17.2 Å². The maximum absolute atomic E-state index is 12.4. The largest absolute Gasteiger partial charge is 0.508 e. The molecule has 1 N–H and O–H groups in total. The van der Waals surface area contributed by atoms with Crippen LogP contribution in [0.25, 0.3) is 6.08 Å². The van der Waals surface area contributed by atoms with Crippen molar-refractivity contribution < 1.29 is 19.4 Å². The first-order chi connectivity index (χ1) is 13.5. The van der Waals surface area contributed by atoms with Crippen LogP contribution in [0.1, 0.15) is 70.0 Å². The second kappa shape index (κ2) is 9.17. The Morgan fingerprint density at radius 3 is 1.83 bits per heavy atom. The topological polar surface area (TPSA) is 55.8 Å². The van der Waals surface area contributed by atoms with Crippen molar-refractivity contribution in [3.63, 3.8) is 0 Å². The van der Waals surface area contributed by atoms with E-state index in [1.54, 1.807) is 18.2 Å². The Labute approximate surface area is 174 Å². The second-order valence-corrected chi connectivity index (χ2v) is 8.72. The smallest absolute Gasteiger partial charge is 0.185 e. The quantitative estimate of drug-likeness (QED) is 0.450. The number of hydrogen-bond donors (Lipinski definition) is 1. The van der Waals surface area contributed by atoms with E-state index in [4.69, 9.17) is 9.47 Å². The maximum Gasteiger partial charge on any atom is 0.185 e. The van der Waals surface area contributed by atoms with Crippen LogP contribution in [0.2, 0.25) is 0 Å². The minimum atomic E-state index is -0.168. The van der Waals surface area contributed by atoms with Gasteiger partial charge >= 0.3 is 0 Å². The van der Waals surface area contributed by atoms with Gasteiger partial charge < -0.3 is 14.6 Å². The minimum absolute atomic E-state index is 0.0147. The predicted octanol–water partition coefficient (Wildman–Crippen LogP) is 6.16. The molecule has 0 aromatic heterocycles. The van der Waals surface area contributed by atoms with Crippen LogP contribution < -0.4 is 9.47 Å². The van der Waals surface area contributed by atoms with Crippen molar-refractivity contribution in [1.29, 1.82) is 0 Å². The van der Waals surface area contributed by atoms with Crippen LogP contribution in [0.4, 0.5) is 0 Å². The van der Waals surface area contributed by atoms with Gasteiger partial charge in [-0.2, -0.15) is 0 Å². The number of aromatic hydroxyl groups is 1. The number of carbonyl (C=O) groups excluding carboxylic acids is 1. The predicted molar refractivity (Wildman–Crippen MR) is 118 cm³/mol. The van der Waals surface area contributed by atoms with Crippen LogP contribution in [0.15, 0.2) is 42.5 Å². The summed E-state index contributed by atoms with van der Waals surface area (Å²) in [7, 11) is 0. The molecule has 29 heavy (non-hydrogen) atoms. The molecule has 0 atom stereocenters. The lowest BCUT2D eigenvalue weighted by molar-refractivity contribution is 0.104. The molecule has 0 aliphatic heterocycles. The first kappa shape index (κ1) is 22.5. The van der Waals surface area contributed by atoms with Gasteiger partial charge in [0.15, 0.2) is 5.78 Å². The van der Waals surface area contributed by atoms with Crippen molar-refractivity contribution in [3.05, 3.63) is 59.2 Å². The Morgan fingerprint density at radius 2 is 1.41 bits per heavy atom. The number of hydrogen-bond acceptors (Lipinski definition) is 4. The fourth-order valence-electron chi connectivity index (χ4n) is 3.03. The van der Waals surface area contributed by atoms with E-state index in [0.29, 0.717) is 5.56 Å². The summed E-state index contributed by atoms with van der Waals surface area (Å²) in [6.07, 6.45) is 3.32. The molecule has 156 valence electrons. The number of ether oxygens (including phenoxy) is 2. The number of allylic oxidation sites excluding steroid dienone is 1. The SMILES string of the molecule is CC(C)Oc1cc(/C=C/C(=O)c2ccc(O)cc2)cc(OC(C)C)c1C(C)(C)C. The van der Waals surface area contributed by atoms with Crippen molar-refractivity contribution in [2.24, 2.45) is 0 Å². The molecule has 2 aromatic rings. The number of ketones is 1. The molecule has 0 spiro atoms. The van der Waals surface area contributed by atoms with E-state index in [1.807, 2.05) is 39.8 Å². The van der Waals surface area contributed by atoms with Gasteiger partial charge in [-0.25, -0.2) is 0 Å². The molecule has 0 saturated heterocycles. The van der Waals surface area contributed by atoms with Crippen LogP contribution >= 0.6 is 0 Å². The summed E-state index contributed by atoms with van der Waals surface area (Å²) in [5.41, 5.74) is 2.19. The zero-order valence-electron chi connectivity index (χ0n) is 18.4. The minimum Gasteiger partial charge on any atom is -0.508 e. The van der Waals surface area contributed by atoms with E-state index in [-0.39, 0.29) is 29.2 Å². The van der Waals surface area contributed by atoms with Crippen molar-refractivity contribution in [2.45, 2.75) is 66.1 Å². The molecule has 0 heterocycles.